The number of allylic oxidation sites excluding steroid dienone is 3. The van der Waals surface area contributed by atoms with E-state index in [1.807, 2.05) is 6.92 Å². The van der Waals surface area contributed by atoms with Gasteiger partial charge in [-0.3, -0.25) is 0 Å². The highest BCUT2D eigenvalue weighted by Gasteiger charge is 2.14. The Balaban J connectivity index is 2.33. The van der Waals surface area contributed by atoms with Crippen molar-refractivity contribution in [2.24, 2.45) is 5.92 Å². The van der Waals surface area contributed by atoms with Crippen LogP contribution in [-0.2, 0) is 0 Å². The molecule has 0 heterocycles. The summed E-state index contributed by atoms with van der Waals surface area (Å²) in [7, 11) is 0. The molecule has 0 aliphatic heterocycles. The van der Waals surface area contributed by atoms with Gasteiger partial charge in [-0.25, -0.2) is 0 Å². The van der Waals surface area contributed by atoms with Crippen molar-refractivity contribution in [1.82, 2.24) is 0 Å². The van der Waals surface area contributed by atoms with Crippen molar-refractivity contribution in [2.75, 3.05) is 0 Å². The first-order chi connectivity index (χ1) is 6.59. The molecule has 2 unspecified atom stereocenters. The fraction of sp³-hybridized carbons (Fsp3) is 0.692. The zero-order valence-electron chi connectivity index (χ0n) is 9.42. The van der Waals surface area contributed by atoms with Gasteiger partial charge < -0.3 is 5.11 Å². The van der Waals surface area contributed by atoms with Crippen LogP contribution in [0.1, 0.15) is 46.0 Å². The Morgan fingerprint density at radius 3 is 2.86 bits per heavy atom. The molecule has 1 N–H and O–H groups in total. The topological polar surface area (TPSA) is 20.2 Å². The van der Waals surface area contributed by atoms with Crippen LogP contribution in [-0.4, -0.2) is 11.2 Å². The molecule has 0 radical (unpaired) electrons. The lowest BCUT2D eigenvalue weighted by Crippen LogP contribution is -2.08. The van der Waals surface area contributed by atoms with Gasteiger partial charge in [0, 0.05) is 0 Å². The molecule has 1 nitrogen and oxygen atoms in total. The maximum Gasteiger partial charge on any atom is 0.0515 e. The third-order valence-electron chi connectivity index (χ3n) is 3.09. The number of aliphatic hydroxyl groups is 1. The molecule has 0 aromatic heterocycles. The lowest BCUT2D eigenvalue weighted by atomic mass is 9.84. The normalized spacial score (nSPS) is 24.2. The molecule has 0 aromatic rings. The Morgan fingerprint density at radius 2 is 2.43 bits per heavy atom. The summed E-state index contributed by atoms with van der Waals surface area (Å²) in [4.78, 5) is 0. The highest BCUT2D eigenvalue weighted by molar-refractivity contribution is 5.12. The molecule has 2 atom stereocenters. The molecule has 0 saturated carbocycles. The largest absolute Gasteiger partial charge is 0.393 e. The van der Waals surface area contributed by atoms with Crippen LogP contribution in [0.2, 0.25) is 0 Å². The summed E-state index contributed by atoms with van der Waals surface area (Å²) in [5.41, 5.74) is 2.85. The van der Waals surface area contributed by atoms with Crippen LogP contribution < -0.4 is 0 Å². The van der Waals surface area contributed by atoms with E-state index in [0.29, 0.717) is 5.92 Å². The zero-order valence-corrected chi connectivity index (χ0v) is 9.42. The minimum absolute atomic E-state index is 0.158. The SMILES string of the molecule is C=C(C)C1CC=C(CCC(C)O)CC1. The summed E-state index contributed by atoms with van der Waals surface area (Å²) in [6.45, 7) is 7.99. The van der Waals surface area contributed by atoms with Crippen LogP contribution in [0.5, 0.6) is 0 Å². The lowest BCUT2D eigenvalue weighted by Gasteiger charge is -2.22. The summed E-state index contributed by atoms with van der Waals surface area (Å²) >= 11 is 0. The van der Waals surface area contributed by atoms with Crippen LogP contribution in [0.3, 0.4) is 0 Å². The molecule has 1 aliphatic rings. The first-order valence-electron chi connectivity index (χ1n) is 5.61. The molecule has 1 rings (SSSR count). The molecular formula is C13H22O. The van der Waals surface area contributed by atoms with Gasteiger partial charge >= 0.3 is 0 Å². The number of aliphatic hydroxyl groups excluding tert-OH is 1. The van der Waals surface area contributed by atoms with Crippen LogP contribution in [0.25, 0.3) is 0 Å². The molecule has 1 heteroatoms. The van der Waals surface area contributed by atoms with Crippen LogP contribution >= 0.6 is 0 Å². The van der Waals surface area contributed by atoms with Gasteiger partial charge in [-0.05, 0) is 51.9 Å². The molecule has 14 heavy (non-hydrogen) atoms. The molecular weight excluding hydrogens is 172 g/mol. The van der Waals surface area contributed by atoms with E-state index in [2.05, 4.69) is 19.6 Å². The minimum Gasteiger partial charge on any atom is -0.393 e. The van der Waals surface area contributed by atoms with Crippen molar-refractivity contribution < 1.29 is 5.11 Å². The number of rotatable bonds is 4. The van der Waals surface area contributed by atoms with Crippen LogP contribution in [0.15, 0.2) is 23.8 Å². The van der Waals surface area contributed by atoms with Gasteiger partial charge in [0.05, 0.1) is 6.10 Å². The number of hydrogen-bond acceptors (Lipinski definition) is 1. The zero-order chi connectivity index (χ0) is 10.6. The van der Waals surface area contributed by atoms with Gasteiger partial charge in [-0.15, -0.1) is 0 Å². The second-order valence-electron chi connectivity index (χ2n) is 4.57. The third-order valence-corrected chi connectivity index (χ3v) is 3.09. The second kappa shape index (κ2) is 5.35. The molecule has 0 bridgehead atoms. The van der Waals surface area contributed by atoms with Crippen molar-refractivity contribution >= 4 is 0 Å². The van der Waals surface area contributed by atoms with Crippen molar-refractivity contribution in [3.63, 3.8) is 0 Å². The van der Waals surface area contributed by atoms with E-state index in [4.69, 9.17) is 0 Å². The fourth-order valence-corrected chi connectivity index (χ4v) is 1.96. The first kappa shape index (κ1) is 11.5. The average molecular weight is 194 g/mol. The Bertz CT molecular complexity index is 225. The van der Waals surface area contributed by atoms with Crippen LogP contribution in [0, 0.1) is 5.92 Å². The van der Waals surface area contributed by atoms with Crippen molar-refractivity contribution in [1.29, 1.82) is 0 Å². The maximum atomic E-state index is 9.18. The van der Waals surface area contributed by atoms with Crippen molar-refractivity contribution in [3.8, 4) is 0 Å². The van der Waals surface area contributed by atoms with E-state index in [-0.39, 0.29) is 6.10 Å². The molecule has 1 aliphatic carbocycles. The molecule has 0 amide bonds. The van der Waals surface area contributed by atoms with E-state index >= 15 is 0 Å². The van der Waals surface area contributed by atoms with Gasteiger partial charge in [0.25, 0.3) is 0 Å². The predicted octanol–water partition coefficient (Wildman–Crippen LogP) is 3.45. The Hall–Kier alpha value is -0.560. The van der Waals surface area contributed by atoms with E-state index in [0.717, 1.165) is 19.3 Å². The third kappa shape index (κ3) is 3.67. The summed E-state index contributed by atoms with van der Waals surface area (Å²) in [5.74, 6) is 0.699. The Morgan fingerprint density at radius 1 is 1.71 bits per heavy atom. The highest BCUT2D eigenvalue weighted by atomic mass is 16.3. The fourth-order valence-electron chi connectivity index (χ4n) is 1.96. The molecule has 0 aromatic carbocycles. The van der Waals surface area contributed by atoms with Crippen molar-refractivity contribution in [2.45, 2.75) is 52.1 Å². The van der Waals surface area contributed by atoms with E-state index < -0.39 is 0 Å². The van der Waals surface area contributed by atoms with Gasteiger partial charge in [0.1, 0.15) is 0 Å². The van der Waals surface area contributed by atoms with Gasteiger partial charge in [-0.1, -0.05) is 23.8 Å². The standard InChI is InChI=1S/C13H22O/c1-10(2)13-8-6-12(7-9-13)5-4-11(3)14/h6,11,13-14H,1,4-5,7-9H2,2-3H3. The lowest BCUT2D eigenvalue weighted by molar-refractivity contribution is 0.184. The summed E-state index contributed by atoms with van der Waals surface area (Å²) in [6.07, 6.45) is 7.78. The summed E-state index contributed by atoms with van der Waals surface area (Å²) in [5, 5.41) is 9.18. The molecule has 0 spiro atoms. The number of hydrogen-bond donors (Lipinski definition) is 1. The minimum atomic E-state index is -0.158. The van der Waals surface area contributed by atoms with Crippen molar-refractivity contribution in [3.05, 3.63) is 23.8 Å². The Labute approximate surface area is 87.5 Å². The Kier molecular flexibility index (Phi) is 4.40. The quantitative estimate of drug-likeness (QED) is 0.680. The smallest absolute Gasteiger partial charge is 0.0515 e. The first-order valence-corrected chi connectivity index (χ1v) is 5.61. The molecule has 0 saturated heterocycles. The average Bonchev–Trinajstić information content (AvgIpc) is 2.15. The molecule has 0 fully saturated rings. The highest BCUT2D eigenvalue weighted by Crippen LogP contribution is 2.30. The van der Waals surface area contributed by atoms with Crippen LogP contribution in [0.4, 0.5) is 0 Å². The molecule has 80 valence electrons. The summed E-state index contributed by atoms with van der Waals surface area (Å²) in [6, 6.07) is 0. The van der Waals surface area contributed by atoms with Gasteiger partial charge in [0.2, 0.25) is 0 Å². The predicted molar refractivity (Wildman–Crippen MR) is 61.2 cm³/mol. The maximum absolute atomic E-state index is 9.18. The van der Waals surface area contributed by atoms with E-state index in [1.165, 1.54) is 24.0 Å². The second-order valence-corrected chi connectivity index (χ2v) is 4.57. The van der Waals surface area contributed by atoms with Gasteiger partial charge in [0.15, 0.2) is 0 Å². The van der Waals surface area contributed by atoms with E-state index in [9.17, 15) is 5.11 Å². The van der Waals surface area contributed by atoms with E-state index in [1.54, 1.807) is 0 Å². The summed E-state index contributed by atoms with van der Waals surface area (Å²) < 4.78 is 0. The monoisotopic (exact) mass is 194 g/mol. The van der Waals surface area contributed by atoms with Gasteiger partial charge in [-0.2, -0.15) is 0 Å².